The molecule has 2 aromatic rings. The fraction of sp³-hybridized carbons (Fsp3) is 0.333. The van der Waals surface area contributed by atoms with Crippen LogP contribution in [0.15, 0.2) is 34.5 Å². The molecular formula is C15H17NO4S2. The highest BCUT2D eigenvalue weighted by Crippen LogP contribution is 2.30. The van der Waals surface area contributed by atoms with Crippen molar-refractivity contribution in [3.63, 3.8) is 0 Å². The smallest absolute Gasteiger partial charge is 0.250 e. The van der Waals surface area contributed by atoms with E-state index < -0.39 is 10.0 Å². The van der Waals surface area contributed by atoms with Crippen LogP contribution in [0.25, 0.3) is 0 Å². The number of rotatable bonds is 4. The molecule has 0 fully saturated rings. The van der Waals surface area contributed by atoms with E-state index >= 15 is 0 Å². The van der Waals surface area contributed by atoms with Crippen LogP contribution in [-0.2, 0) is 16.6 Å². The zero-order chi connectivity index (χ0) is 15.6. The van der Waals surface area contributed by atoms with Crippen molar-refractivity contribution in [3.8, 4) is 11.5 Å². The Morgan fingerprint density at radius 3 is 2.64 bits per heavy atom. The number of aryl methyl sites for hydroxylation is 1. The topological polar surface area (TPSA) is 64.6 Å². The monoisotopic (exact) mass is 339 g/mol. The Labute approximate surface area is 133 Å². The quantitative estimate of drug-likeness (QED) is 0.930. The number of thiophene rings is 1. The number of benzene rings is 1. The minimum atomic E-state index is -3.47. The lowest BCUT2D eigenvalue weighted by Gasteiger charge is -2.10. The second-order valence-electron chi connectivity index (χ2n) is 5.02. The van der Waals surface area contributed by atoms with E-state index in [4.69, 9.17) is 9.47 Å². The van der Waals surface area contributed by atoms with Gasteiger partial charge in [-0.05, 0) is 36.8 Å². The van der Waals surface area contributed by atoms with Crippen LogP contribution in [0.4, 0.5) is 0 Å². The van der Waals surface area contributed by atoms with Gasteiger partial charge >= 0.3 is 0 Å². The number of hydrogen-bond donors (Lipinski definition) is 1. The van der Waals surface area contributed by atoms with Crippen LogP contribution < -0.4 is 14.2 Å². The highest BCUT2D eigenvalue weighted by atomic mass is 32.2. The first kappa shape index (κ1) is 15.3. The molecule has 0 atom stereocenters. The van der Waals surface area contributed by atoms with E-state index in [1.165, 1.54) is 11.3 Å². The summed E-state index contributed by atoms with van der Waals surface area (Å²) in [5, 5.41) is 0. The van der Waals surface area contributed by atoms with E-state index in [1.54, 1.807) is 12.1 Å². The van der Waals surface area contributed by atoms with Crippen molar-refractivity contribution in [3.05, 3.63) is 40.8 Å². The van der Waals surface area contributed by atoms with Gasteiger partial charge in [-0.1, -0.05) is 6.07 Å². The third-order valence-electron chi connectivity index (χ3n) is 3.26. The molecule has 3 rings (SSSR count). The third-order valence-corrected chi connectivity index (χ3v) is 6.15. The van der Waals surface area contributed by atoms with E-state index in [0.717, 1.165) is 16.9 Å². The zero-order valence-electron chi connectivity index (χ0n) is 12.2. The number of sulfonamides is 1. The summed E-state index contributed by atoms with van der Waals surface area (Å²) in [7, 11) is -3.47. The molecule has 1 aliphatic heterocycles. The van der Waals surface area contributed by atoms with Gasteiger partial charge in [-0.25, -0.2) is 13.1 Å². The molecule has 0 amide bonds. The molecule has 118 valence electrons. The van der Waals surface area contributed by atoms with Gasteiger partial charge in [-0.3, -0.25) is 0 Å². The molecule has 0 saturated heterocycles. The van der Waals surface area contributed by atoms with E-state index in [1.807, 2.05) is 25.1 Å². The molecule has 2 heterocycles. The molecule has 1 N–H and O–H groups in total. The van der Waals surface area contributed by atoms with Gasteiger partial charge in [-0.15, -0.1) is 11.3 Å². The standard InChI is InChI=1S/C15H17NO4S2/c1-11-3-6-15(21-11)22(17,18)16-10-12-4-5-13-14(9-12)20-8-2-7-19-13/h3-6,9,16H,2,7-8,10H2,1H3. The van der Waals surface area contributed by atoms with Crippen LogP contribution in [0.5, 0.6) is 11.5 Å². The van der Waals surface area contributed by atoms with Crippen LogP contribution in [0.2, 0.25) is 0 Å². The van der Waals surface area contributed by atoms with Crippen molar-refractivity contribution in [2.45, 2.75) is 24.1 Å². The maximum absolute atomic E-state index is 12.2. The molecule has 7 heteroatoms. The van der Waals surface area contributed by atoms with Crippen LogP contribution in [0.1, 0.15) is 16.9 Å². The number of fused-ring (bicyclic) bond motifs is 1. The largest absolute Gasteiger partial charge is 0.490 e. The molecule has 1 aromatic heterocycles. The highest BCUT2D eigenvalue weighted by Gasteiger charge is 2.16. The van der Waals surface area contributed by atoms with Gasteiger partial charge < -0.3 is 9.47 Å². The Hall–Kier alpha value is -1.57. The Morgan fingerprint density at radius 1 is 1.14 bits per heavy atom. The lowest BCUT2D eigenvalue weighted by atomic mass is 10.2. The zero-order valence-corrected chi connectivity index (χ0v) is 13.8. The SMILES string of the molecule is Cc1ccc(S(=O)(=O)NCc2ccc3c(c2)OCCCO3)s1. The Kier molecular flexibility index (Phi) is 4.37. The first-order valence-corrected chi connectivity index (χ1v) is 9.29. The molecule has 0 saturated carbocycles. The second kappa shape index (κ2) is 6.28. The molecule has 0 unspecified atom stereocenters. The minimum absolute atomic E-state index is 0.218. The average molecular weight is 339 g/mol. The molecule has 0 spiro atoms. The first-order valence-electron chi connectivity index (χ1n) is 6.99. The van der Waals surface area contributed by atoms with E-state index in [-0.39, 0.29) is 6.54 Å². The van der Waals surface area contributed by atoms with Gasteiger partial charge in [0.1, 0.15) is 4.21 Å². The maximum atomic E-state index is 12.2. The summed E-state index contributed by atoms with van der Waals surface area (Å²) in [6.45, 7) is 3.34. The van der Waals surface area contributed by atoms with Gasteiger partial charge in [0.15, 0.2) is 11.5 Å². The molecule has 1 aromatic carbocycles. The number of nitrogens with one attached hydrogen (secondary N) is 1. The van der Waals surface area contributed by atoms with E-state index in [2.05, 4.69) is 4.72 Å². The van der Waals surface area contributed by atoms with Gasteiger partial charge in [-0.2, -0.15) is 0 Å². The predicted molar refractivity (Wildman–Crippen MR) is 85.1 cm³/mol. The molecule has 1 aliphatic rings. The Morgan fingerprint density at radius 2 is 1.91 bits per heavy atom. The summed E-state index contributed by atoms with van der Waals surface area (Å²) in [4.78, 5) is 0.968. The van der Waals surface area contributed by atoms with Crippen molar-refractivity contribution in [1.82, 2.24) is 4.72 Å². The molecule has 22 heavy (non-hydrogen) atoms. The van der Waals surface area contributed by atoms with Crippen molar-refractivity contribution < 1.29 is 17.9 Å². The number of hydrogen-bond acceptors (Lipinski definition) is 5. The van der Waals surface area contributed by atoms with Crippen LogP contribution in [-0.4, -0.2) is 21.6 Å². The molecular weight excluding hydrogens is 322 g/mol. The second-order valence-corrected chi connectivity index (χ2v) is 8.30. The normalized spacial score (nSPS) is 14.6. The Balaban J connectivity index is 1.72. The summed E-state index contributed by atoms with van der Waals surface area (Å²) in [5.74, 6) is 1.37. The molecule has 0 bridgehead atoms. The van der Waals surface area contributed by atoms with Gasteiger partial charge in [0.25, 0.3) is 0 Å². The fourth-order valence-corrected chi connectivity index (χ4v) is 4.47. The van der Waals surface area contributed by atoms with E-state index in [9.17, 15) is 8.42 Å². The Bertz CT molecular complexity index is 768. The summed E-state index contributed by atoms with van der Waals surface area (Å²) in [6.07, 6.45) is 0.842. The highest BCUT2D eigenvalue weighted by molar-refractivity contribution is 7.91. The first-order chi connectivity index (χ1) is 10.5. The van der Waals surface area contributed by atoms with Crippen LogP contribution >= 0.6 is 11.3 Å². The van der Waals surface area contributed by atoms with Gasteiger partial charge in [0.2, 0.25) is 10.0 Å². The van der Waals surface area contributed by atoms with Crippen molar-refractivity contribution in [1.29, 1.82) is 0 Å². The minimum Gasteiger partial charge on any atom is -0.490 e. The summed E-state index contributed by atoms with van der Waals surface area (Å²) in [5.41, 5.74) is 0.834. The van der Waals surface area contributed by atoms with Crippen molar-refractivity contribution in [2.24, 2.45) is 0 Å². The van der Waals surface area contributed by atoms with E-state index in [0.29, 0.717) is 28.9 Å². The molecule has 0 aliphatic carbocycles. The predicted octanol–water partition coefficient (Wildman–Crippen LogP) is 2.70. The maximum Gasteiger partial charge on any atom is 0.250 e. The average Bonchev–Trinajstić information content (AvgIpc) is 2.81. The summed E-state index contributed by atoms with van der Waals surface area (Å²) < 4.78 is 38.5. The summed E-state index contributed by atoms with van der Waals surface area (Å²) >= 11 is 1.26. The third kappa shape index (κ3) is 3.43. The lowest BCUT2D eigenvalue weighted by Crippen LogP contribution is -2.22. The van der Waals surface area contributed by atoms with Gasteiger partial charge in [0.05, 0.1) is 13.2 Å². The number of ether oxygens (including phenoxy) is 2. The fourth-order valence-electron chi connectivity index (χ4n) is 2.12. The molecule has 5 nitrogen and oxygen atoms in total. The van der Waals surface area contributed by atoms with Crippen molar-refractivity contribution in [2.75, 3.05) is 13.2 Å². The van der Waals surface area contributed by atoms with Crippen LogP contribution in [0.3, 0.4) is 0 Å². The van der Waals surface area contributed by atoms with Gasteiger partial charge in [0, 0.05) is 17.8 Å². The molecule has 0 radical (unpaired) electrons. The van der Waals surface area contributed by atoms with Crippen LogP contribution in [0, 0.1) is 6.92 Å². The summed E-state index contributed by atoms with van der Waals surface area (Å²) in [6, 6.07) is 8.90. The lowest BCUT2D eigenvalue weighted by molar-refractivity contribution is 0.297. The van der Waals surface area contributed by atoms with Crippen molar-refractivity contribution >= 4 is 21.4 Å².